The van der Waals surface area contributed by atoms with E-state index >= 15 is 0 Å². The van der Waals surface area contributed by atoms with E-state index in [0.717, 1.165) is 6.07 Å². The Hall–Kier alpha value is -1.47. The highest BCUT2D eigenvalue weighted by Gasteiger charge is 2.34. The van der Waals surface area contributed by atoms with Crippen LogP contribution in [0.25, 0.3) is 0 Å². The van der Waals surface area contributed by atoms with Crippen molar-refractivity contribution >= 4 is 11.8 Å². The summed E-state index contributed by atoms with van der Waals surface area (Å²) in [6.45, 7) is 0. The first kappa shape index (κ1) is 14.0. The first-order valence-electron chi connectivity index (χ1n) is 5.42. The number of hydrogen-bond acceptors (Lipinski definition) is 4. The third-order valence-corrected chi connectivity index (χ3v) is 3.44. The maximum absolute atomic E-state index is 12.8. The monoisotopic (exact) mass is 288 g/mol. The number of thioether (sulfide) groups is 1. The predicted octanol–water partition coefficient (Wildman–Crippen LogP) is 3.49. The zero-order valence-electron chi connectivity index (χ0n) is 9.72. The summed E-state index contributed by atoms with van der Waals surface area (Å²) in [5.41, 5.74) is 5.20. The fraction of sp³-hybridized carbons (Fsp3) is 0.250. The van der Waals surface area contributed by atoms with Gasteiger partial charge in [0.05, 0.1) is 11.8 Å². The van der Waals surface area contributed by atoms with Crippen LogP contribution in [0.15, 0.2) is 46.4 Å². The lowest BCUT2D eigenvalue weighted by Gasteiger charge is -2.17. The molecular weight excluding hydrogens is 277 g/mol. The first-order chi connectivity index (χ1) is 8.98. The molecule has 102 valence electrons. The average Bonchev–Trinajstić information content (AvgIpc) is 2.88. The minimum Gasteiger partial charge on any atom is -0.440 e. The van der Waals surface area contributed by atoms with Crippen LogP contribution in [0.2, 0.25) is 0 Å². The molecule has 2 N–H and O–H groups in total. The maximum atomic E-state index is 12.8. The third-order valence-electron chi connectivity index (χ3n) is 2.46. The topological polar surface area (TPSA) is 52.0 Å². The lowest BCUT2D eigenvalue weighted by atomic mass is 10.0. The van der Waals surface area contributed by atoms with Crippen molar-refractivity contribution in [3.05, 3.63) is 47.9 Å². The highest BCUT2D eigenvalue weighted by molar-refractivity contribution is 7.99. The SMILES string of the molecule is NC(CSc1ncco1)c1ccccc1C(F)(F)F. The summed E-state index contributed by atoms with van der Waals surface area (Å²) in [6, 6.07) is 4.57. The molecule has 0 saturated carbocycles. The number of oxazole rings is 1. The van der Waals surface area contributed by atoms with E-state index in [2.05, 4.69) is 4.98 Å². The van der Waals surface area contributed by atoms with Crippen LogP contribution in [-0.2, 0) is 6.18 Å². The van der Waals surface area contributed by atoms with Crippen LogP contribution in [0, 0.1) is 0 Å². The van der Waals surface area contributed by atoms with Gasteiger partial charge in [-0.1, -0.05) is 30.0 Å². The molecule has 0 amide bonds. The molecule has 0 aliphatic rings. The molecule has 2 rings (SSSR count). The molecule has 0 bridgehead atoms. The number of aromatic nitrogens is 1. The van der Waals surface area contributed by atoms with E-state index in [0.29, 0.717) is 5.22 Å². The Morgan fingerprint density at radius 3 is 2.68 bits per heavy atom. The zero-order chi connectivity index (χ0) is 13.9. The van der Waals surface area contributed by atoms with Crippen molar-refractivity contribution in [3.63, 3.8) is 0 Å². The van der Waals surface area contributed by atoms with Crippen LogP contribution >= 0.6 is 11.8 Å². The normalized spacial score (nSPS) is 13.5. The van der Waals surface area contributed by atoms with E-state index in [1.54, 1.807) is 6.07 Å². The van der Waals surface area contributed by atoms with Crippen molar-refractivity contribution in [1.29, 1.82) is 0 Å². The molecule has 2 aromatic rings. The number of hydrogen-bond donors (Lipinski definition) is 1. The van der Waals surface area contributed by atoms with Crippen LogP contribution < -0.4 is 5.73 Å². The van der Waals surface area contributed by atoms with Gasteiger partial charge < -0.3 is 10.2 Å². The van der Waals surface area contributed by atoms with Crippen molar-refractivity contribution in [1.82, 2.24) is 4.98 Å². The molecule has 1 aromatic carbocycles. The third kappa shape index (κ3) is 3.51. The molecule has 0 spiro atoms. The Morgan fingerprint density at radius 1 is 1.32 bits per heavy atom. The van der Waals surface area contributed by atoms with Crippen LogP contribution in [0.4, 0.5) is 13.2 Å². The van der Waals surface area contributed by atoms with Crippen LogP contribution in [0.5, 0.6) is 0 Å². The van der Waals surface area contributed by atoms with Crippen molar-refractivity contribution in [2.75, 3.05) is 5.75 Å². The second-order valence-electron chi connectivity index (χ2n) is 3.80. The van der Waals surface area contributed by atoms with Gasteiger partial charge in [-0.25, -0.2) is 4.98 Å². The van der Waals surface area contributed by atoms with E-state index in [1.165, 1.54) is 36.4 Å². The van der Waals surface area contributed by atoms with Gasteiger partial charge in [0.1, 0.15) is 6.26 Å². The molecule has 1 heterocycles. The van der Waals surface area contributed by atoms with E-state index in [9.17, 15) is 13.2 Å². The summed E-state index contributed by atoms with van der Waals surface area (Å²) in [5, 5.41) is 0.389. The van der Waals surface area contributed by atoms with Gasteiger partial charge in [0.15, 0.2) is 0 Å². The van der Waals surface area contributed by atoms with Crippen LogP contribution in [-0.4, -0.2) is 10.7 Å². The summed E-state index contributed by atoms with van der Waals surface area (Å²) >= 11 is 1.18. The molecule has 19 heavy (non-hydrogen) atoms. The molecule has 1 atom stereocenters. The minimum absolute atomic E-state index is 0.0778. The second kappa shape index (κ2) is 5.66. The summed E-state index contributed by atoms with van der Waals surface area (Å²) in [6.07, 6.45) is -1.53. The Bertz CT molecular complexity index is 528. The van der Waals surface area contributed by atoms with Gasteiger partial charge in [0, 0.05) is 11.8 Å². The molecular formula is C12H11F3N2OS. The highest BCUT2D eigenvalue weighted by Crippen LogP contribution is 2.35. The summed E-state index contributed by atoms with van der Waals surface area (Å²) in [4.78, 5) is 3.87. The van der Waals surface area contributed by atoms with E-state index < -0.39 is 17.8 Å². The van der Waals surface area contributed by atoms with Crippen molar-refractivity contribution < 1.29 is 17.6 Å². The van der Waals surface area contributed by atoms with Gasteiger partial charge in [0.25, 0.3) is 5.22 Å². The molecule has 3 nitrogen and oxygen atoms in total. The van der Waals surface area contributed by atoms with Gasteiger partial charge >= 0.3 is 6.18 Å². The van der Waals surface area contributed by atoms with E-state index in [-0.39, 0.29) is 11.3 Å². The molecule has 0 radical (unpaired) electrons. The Morgan fingerprint density at radius 2 is 2.05 bits per heavy atom. The second-order valence-corrected chi connectivity index (χ2v) is 4.77. The first-order valence-corrected chi connectivity index (χ1v) is 6.41. The lowest BCUT2D eigenvalue weighted by molar-refractivity contribution is -0.138. The molecule has 1 aromatic heterocycles. The fourth-order valence-electron chi connectivity index (χ4n) is 1.61. The molecule has 0 aliphatic carbocycles. The Kier molecular flexibility index (Phi) is 4.16. The molecule has 1 unspecified atom stereocenters. The van der Waals surface area contributed by atoms with E-state index in [4.69, 9.17) is 10.2 Å². The fourth-order valence-corrected chi connectivity index (χ4v) is 2.37. The number of nitrogens with two attached hydrogens (primary N) is 1. The van der Waals surface area contributed by atoms with Gasteiger partial charge in [-0.2, -0.15) is 13.2 Å². The maximum Gasteiger partial charge on any atom is 0.416 e. The standard InChI is InChI=1S/C12H11F3N2OS/c13-12(14,15)9-4-2-1-3-8(9)10(16)7-19-11-17-5-6-18-11/h1-6,10H,7,16H2. The molecule has 0 aliphatic heterocycles. The number of rotatable bonds is 4. The molecule has 7 heteroatoms. The van der Waals surface area contributed by atoms with Crippen molar-refractivity contribution in [3.8, 4) is 0 Å². The van der Waals surface area contributed by atoms with Crippen LogP contribution in [0.1, 0.15) is 17.2 Å². The number of nitrogens with zero attached hydrogens (tertiary/aromatic N) is 1. The minimum atomic E-state index is -4.40. The average molecular weight is 288 g/mol. The summed E-state index contributed by atoms with van der Waals surface area (Å²) < 4.78 is 43.5. The van der Waals surface area contributed by atoms with Gasteiger partial charge in [-0.3, -0.25) is 0 Å². The number of halogens is 3. The number of benzene rings is 1. The largest absolute Gasteiger partial charge is 0.440 e. The highest BCUT2D eigenvalue weighted by atomic mass is 32.2. The quantitative estimate of drug-likeness (QED) is 0.875. The van der Waals surface area contributed by atoms with Crippen molar-refractivity contribution in [2.45, 2.75) is 17.4 Å². The Labute approximate surface area is 112 Å². The van der Waals surface area contributed by atoms with E-state index in [1.807, 2.05) is 0 Å². The van der Waals surface area contributed by atoms with Gasteiger partial charge in [-0.05, 0) is 11.6 Å². The van der Waals surface area contributed by atoms with Crippen molar-refractivity contribution in [2.24, 2.45) is 5.73 Å². The molecule has 0 saturated heterocycles. The zero-order valence-corrected chi connectivity index (χ0v) is 10.5. The lowest BCUT2D eigenvalue weighted by Crippen LogP contribution is -2.19. The predicted molar refractivity (Wildman–Crippen MR) is 65.6 cm³/mol. The number of alkyl halides is 3. The van der Waals surface area contributed by atoms with Gasteiger partial charge in [0.2, 0.25) is 0 Å². The van der Waals surface area contributed by atoms with Crippen LogP contribution in [0.3, 0.4) is 0 Å². The van der Waals surface area contributed by atoms with Gasteiger partial charge in [-0.15, -0.1) is 0 Å². The summed E-state index contributed by atoms with van der Waals surface area (Å²) in [5.74, 6) is 0.258. The Balaban J connectivity index is 2.12. The summed E-state index contributed by atoms with van der Waals surface area (Å²) in [7, 11) is 0. The molecule has 0 fully saturated rings. The smallest absolute Gasteiger partial charge is 0.416 e.